The Kier molecular flexibility index (Phi) is 2.84. The minimum absolute atomic E-state index is 0.236. The first-order valence-electron chi connectivity index (χ1n) is 5.72. The zero-order chi connectivity index (χ0) is 13.4. The molecule has 0 aliphatic carbocycles. The number of rotatable bonds is 1. The maximum Gasteiger partial charge on any atom is 0.256 e. The normalized spacial score (nSPS) is 15.5. The van der Waals surface area contributed by atoms with E-state index in [4.69, 9.17) is 11.6 Å². The van der Waals surface area contributed by atoms with Gasteiger partial charge in [0.25, 0.3) is 5.91 Å². The van der Waals surface area contributed by atoms with Gasteiger partial charge in [0, 0.05) is 16.2 Å². The molecule has 1 N–H and O–H groups in total. The minimum Gasteiger partial charge on any atom is -0.321 e. The topological polar surface area (TPSA) is 29.1 Å². The predicted molar refractivity (Wildman–Crippen MR) is 74.4 cm³/mol. The van der Waals surface area contributed by atoms with Gasteiger partial charge in [-0.25, -0.2) is 4.39 Å². The summed E-state index contributed by atoms with van der Waals surface area (Å²) in [6, 6.07) is 11.4. The van der Waals surface area contributed by atoms with Crippen molar-refractivity contribution in [3.8, 4) is 0 Å². The highest BCUT2D eigenvalue weighted by atomic mass is 35.5. The molecule has 1 amide bonds. The van der Waals surface area contributed by atoms with Crippen LogP contribution in [0.2, 0.25) is 5.02 Å². The van der Waals surface area contributed by atoms with E-state index in [1.54, 1.807) is 24.3 Å². The summed E-state index contributed by atoms with van der Waals surface area (Å²) in [7, 11) is 0. The van der Waals surface area contributed by atoms with Gasteiger partial charge in [-0.2, -0.15) is 0 Å². The highest BCUT2D eigenvalue weighted by molar-refractivity contribution is 6.35. The van der Waals surface area contributed by atoms with Gasteiger partial charge in [-0.1, -0.05) is 23.7 Å². The molecule has 2 aromatic rings. The molecule has 1 heterocycles. The molecule has 2 aromatic carbocycles. The summed E-state index contributed by atoms with van der Waals surface area (Å²) < 4.78 is 13.1. The van der Waals surface area contributed by atoms with Gasteiger partial charge in [0.15, 0.2) is 0 Å². The summed E-state index contributed by atoms with van der Waals surface area (Å²) in [6.45, 7) is 0. The average Bonchev–Trinajstić information content (AvgIpc) is 2.65. The summed E-state index contributed by atoms with van der Waals surface area (Å²) in [4.78, 5) is 11.9. The third kappa shape index (κ3) is 2.25. The molecule has 0 bridgehead atoms. The van der Waals surface area contributed by atoms with Gasteiger partial charge in [0.05, 0.1) is 5.69 Å². The number of nitrogens with one attached hydrogen (secondary N) is 1. The molecule has 3 rings (SSSR count). The van der Waals surface area contributed by atoms with Gasteiger partial charge in [-0.15, -0.1) is 0 Å². The molecule has 1 aliphatic heterocycles. The Labute approximate surface area is 114 Å². The van der Waals surface area contributed by atoms with Gasteiger partial charge in [0.2, 0.25) is 0 Å². The van der Waals surface area contributed by atoms with Crippen molar-refractivity contribution in [1.29, 1.82) is 0 Å². The monoisotopic (exact) mass is 273 g/mol. The number of amides is 1. The van der Waals surface area contributed by atoms with Gasteiger partial charge >= 0.3 is 0 Å². The van der Waals surface area contributed by atoms with Crippen molar-refractivity contribution in [2.24, 2.45) is 0 Å². The van der Waals surface area contributed by atoms with Crippen molar-refractivity contribution in [2.45, 2.75) is 0 Å². The van der Waals surface area contributed by atoms with E-state index >= 15 is 0 Å². The van der Waals surface area contributed by atoms with Crippen LogP contribution in [0.5, 0.6) is 0 Å². The number of hydrogen-bond donors (Lipinski definition) is 1. The van der Waals surface area contributed by atoms with Crippen LogP contribution in [-0.4, -0.2) is 5.91 Å². The quantitative estimate of drug-likeness (QED) is 0.783. The Balaban J connectivity index is 2.09. The van der Waals surface area contributed by atoms with Gasteiger partial charge in [-0.3, -0.25) is 4.79 Å². The first-order chi connectivity index (χ1) is 9.13. The Bertz CT molecular complexity index is 709. The van der Waals surface area contributed by atoms with Crippen LogP contribution in [0.4, 0.5) is 10.1 Å². The molecular formula is C15H9ClFNO. The second kappa shape index (κ2) is 4.52. The molecule has 2 nitrogen and oxygen atoms in total. The molecule has 0 saturated heterocycles. The average molecular weight is 274 g/mol. The zero-order valence-electron chi connectivity index (χ0n) is 9.78. The predicted octanol–water partition coefficient (Wildman–Crippen LogP) is 3.97. The Morgan fingerprint density at radius 1 is 1.16 bits per heavy atom. The molecule has 0 aromatic heterocycles. The third-order valence-corrected chi connectivity index (χ3v) is 3.16. The number of fused-ring (bicyclic) bond motifs is 1. The fraction of sp³-hybridized carbons (Fsp3) is 0. The second-order valence-corrected chi connectivity index (χ2v) is 4.69. The number of halogens is 2. The Morgan fingerprint density at radius 2 is 2.00 bits per heavy atom. The standard InChI is InChI=1S/C15H9ClFNO/c16-10-3-1-2-9(6-10)7-13-12-5-4-11(17)8-14(12)18-15(13)19/h1-8H,(H,18,19)/b13-7-. The van der Waals surface area contributed by atoms with Crippen molar-refractivity contribution in [2.75, 3.05) is 5.32 Å². The maximum atomic E-state index is 13.1. The number of benzene rings is 2. The molecule has 0 spiro atoms. The third-order valence-electron chi connectivity index (χ3n) is 2.92. The minimum atomic E-state index is -0.372. The van der Waals surface area contributed by atoms with Crippen LogP contribution >= 0.6 is 11.6 Å². The number of carbonyl (C=O) groups is 1. The van der Waals surface area contributed by atoms with E-state index in [0.29, 0.717) is 21.8 Å². The summed E-state index contributed by atoms with van der Waals surface area (Å²) >= 11 is 5.91. The van der Waals surface area contributed by atoms with Crippen LogP contribution in [0.3, 0.4) is 0 Å². The van der Waals surface area contributed by atoms with Crippen molar-refractivity contribution >= 4 is 34.8 Å². The molecule has 0 radical (unpaired) electrons. The van der Waals surface area contributed by atoms with E-state index in [2.05, 4.69) is 5.32 Å². The smallest absolute Gasteiger partial charge is 0.256 e. The Morgan fingerprint density at radius 3 is 2.79 bits per heavy atom. The van der Waals surface area contributed by atoms with E-state index in [9.17, 15) is 9.18 Å². The molecule has 0 saturated carbocycles. The molecule has 4 heteroatoms. The zero-order valence-corrected chi connectivity index (χ0v) is 10.5. The number of anilines is 1. The summed E-state index contributed by atoms with van der Waals surface area (Å²) in [5.74, 6) is -0.608. The lowest BCUT2D eigenvalue weighted by Gasteiger charge is -1.99. The molecule has 0 atom stereocenters. The van der Waals surface area contributed by atoms with Crippen molar-refractivity contribution in [1.82, 2.24) is 0 Å². The van der Waals surface area contributed by atoms with Gasteiger partial charge < -0.3 is 5.32 Å². The molecule has 0 fully saturated rings. The van der Waals surface area contributed by atoms with Crippen LogP contribution in [0, 0.1) is 5.82 Å². The molecule has 1 aliphatic rings. The first kappa shape index (κ1) is 11.9. The summed E-state index contributed by atoms with van der Waals surface area (Å²) in [6.07, 6.45) is 1.74. The highest BCUT2D eigenvalue weighted by Gasteiger charge is 2.24. The molecule has 0 unspecified atom stereocenters. The summed E-state index contributed by atoms with van der Waals surface area (Å²) in [5.41, 5.74) is 2.54. The van der Waals surface area contributed by atoms with Crippen LogP contribution in [-0.2, 0) is 4.79 Å². The van der Waals surface area contributed by atoms with Crippen LogP contribution < -0.4 is 5.32 Å². The van der Waals surface area contributed by atoms with E-state index in [1.165, 1.54) is 12.1 Å². The Hall–Kier alpha value is -2.13. The largest absolute Gasteiger partial charge is 0.321 e. The number of carbonyl (C=O) groups excluding carboxylic acids is 1. The molecular weight excluding hydrogens is 265 g/mol. The van der Waals surface area contributed by atoms with Crippen molar-refractivity contribution in [3.05, 3.63) is 64.4 Å². The van der Waals surface area contributed by atoms with Gasteiger partial charge in [-0.05, 0) is 42.0 Å². The van der Waals surface area contributed by atoms with Gasteiger partial charge in [0.1, 0.15) is 5.82 Å². The lowest BCUT2D eigenvalue weighted by atomic mass is 10.0. The van der Waals surface area contributed by atoms with E-state index in [-0.39, 0.29) is 11.7 Å². The fourth-order valence-corrected chi connectivity index (χ4v) is 2.27. The van der Waals surface area contributed by atoms with Crippen LogP contribution in [0.15, 0.2) is 42.5 Å². The lowest BCUT2D eigenvalue weighted by molar-refractivity contribution is -0.110. The van der Waals surface area contributed by atoms with Crippen molar-refractivity contribution < 1.29 is 9.18 Å². The van der Waals surface area contributed by atoms with E-state index < -0.39 is 0 Å². The van der Waals surface area contributed by atoms with E-state index in [1.807, 2.05) is 12.1 Å². The lowest BCUT2D eigenvalue weighted by Crippen LogP contribution is -2.03. The SMILES string of the molecule is O=C1Nc2cc(F)ccc2/C1=C/c1cccc(Cl)c1. The first-order valence-corrected chi connectivity index (χ1v) is 6.10. The number of hydrogen-bond acceptors (Lipinski definition) is 1. The molecule has 94 valence electrons. The van der Waals surface area contributed by atoms with Crippen molar-refractivity contribution in [3.63, 3.8) is 0 Å². The summed E-state index contributed by atoms with van der Waals surface area (Å²) in [5, 5.41) is 3.25. The van der Waals surface area contributed by atoms with E-state index in [0.717, 1.165) is 5.56 Å². The van der Waals surface area contributed by atoms with Crippen LogP contribution in [0.1, 0.15) is 11.1 Å². The van der Waals surface area contributed by atoms with Crippen LogP contribution in [0.25, 0.3) is 11.6 Å². The second-order valence-electron chi connectivity index (χ2n) is 4.26. The highest BCUT2D eigenvalue weighted by Crippen LogP contribution is 2.33. The fourth-order valence-electron chi connectivity index (χ4n) is 2.07. The molecule has 19 heavy (non-hydrogen) atoms. The maximum absolute atomic E-state index is 13.1.